The van der Waals surface area contributed by atoms with E-state index in [2.05, 4.69) is 15.1 Å². The number of nitrogens with two attached hydrogens (primary N) is 1. The first-order valence-corrected chi connectivity index (χ1v) is 8.80. The number of aryl methyl sites for hydroxylation is 1. The lowest BCUT2D eigenvalue weighted by atomic mass is 10.2. The number of nitrogen functional groups attached to an aromatic ring is 1. The van der Waals surface area contributed by atoms with Crippen molar-refractivity contribution in [3.63, 3.8) is 0 Å². The van der Waals surface area contributed by atoms with Crippen LogP contribution in [0.3, 0.4) is 0 Å². The molecule has 0 saturated heterocycles. The number of carbonyl (C=O) groups is 1. The number of benzene rings is 1. The summed E-state index contributed by atoms with van der Waals surface area (Å²) in [6.07, 6.45) is 4.79. The number of pyridine rings is 1. The molecule has 8 nitrogen and oxygen atoms in total. The third kappa shape index (κ3) is 4.66. The molecule has 2 heterocycles. The molecule has 2 aromatic heterocycles. The van der Waals surface area contributed by atoms with Gasteiger partial charge in [0.25, 0.3) is 0 Å². The molecule has 0 aliphatic rings. The van der Waals surface area contributed by atoms with Crippen molar-refractivity contribution < 1.29 is 14.3 Å². The lowest BCUT2D eigenvalue weighted by Gasteiger charge is -2.08. The number of rotatable bonds is 6. The Morgan fingerprint density at radius 1 is 1.36 bits per heavy atom. The molecule has 0 radical (unpaired) electrons. The van der Waals surface area contributed by atoms with Gasteiger partial charge in [0.1, 0.15) is 5.75 Å². The molecule has 0 aliphatic carbocycles. The monoisotopic (exact) mass is 399 g/mol. The Kier molecular flexibility index (Phi) is 5.90. The van der Waals surface area contributed by atoms with Crippen molar-refractivity contribution in [2.24, 2.45) is 5.10 Å². The number of carbonyl (C=O) groups excluding carboxylic acids is 1. The number of hydrogen-bond donors (Lipinski definition) is 1. The smallest absolute Gasteiger partial charge is 0.338 e. The van der Waals surface area contributed by atoms with Gasteiger partial charge in [-0.2, -0.15) is 5.10 Å². The van der Waals surface area contributed by atoms with Crippen molar-refractivity contribution in [3.8, 4) is 11.6 Å². The van der Waals surface area contributed by atoms with Crippen LogP contribution in [-0.4, -0.2) is 33.4 Å². The molecule has 0 atom stereocenters. The Labute approximate surface area is 166 Å². The van der Waals surface area contributed by atoms with Gasteiger partial charge in [-0.15, -0.1) is 0 Å². The zero-order valence-electron chi connectivity index (χ0n) is 15.3. The van der Waals surface area contributed by atoms with E-state index in [4.69, 9.17) is 26.8 Å². The lowest BCUT2D eigenvalue weighted by molar-refractivity contribution is 0.0526. The number of nitrogens with zero attached hydrogens (tertiary/aromatic N) is 4. The van der Waals surface area contributed by atoms with Gasteiger partial charge in [-0.05, 0) is 43.7 Å². The third-order valence-corrected chi connectivity index (χ3v) is 3.88. The first-order chi connectivity index (χ1) is 13.5. The average molecular weight is 400 g/mol. The summed E-state index contributed by atoms with van der Waals surface area (Å²) in [7, 11) is 0. The SMILES string of the molecule is CCOC(=O)c1ccnc(Oc2ccc(C=Nn3cc(C)nc3N)cc2Cl)c1. The summed E-state index contributed by atoms with van der Waals surface area (Å²) in [4.78, 5) is 20.0. The third-order valence-electron chi connectivity index (χ3n) is 3.58. The number of ether oxygens (including phenoxy) is 2. The van der Waals surface area contributed by atoms with Crippen LogP contribution in [0.5, 0.6) is 11.6 Å². The maximum absolute atomic E-state index is 11.8. The standard InChI is InChI=1S/C19H18ClN5O3/c1-3-27-18(26)14-6-7-22-17(9-14)28-16-5-4-13(8-15(16)20)10-23-25-11-12(2)24-19(25)21/h4-11H,3H2,1-2H3,(H2,21,24). The largest absolute Gasteiger partial charge is 0.462 e. The van der Waals surface area contributed by atoms with Crippen LogP contribution in [0.2, 0.25) is 5.02 Å². The molecule has 0 aliphatic heterocycles. The molecular weight excluding hydrogens is 382 g/mol. The number of anilines is 1. The molecule has 9 heteroatoms. The van der Waals surface area contributed by atoms with Gasteiger partial charge in [0.05, 0.1) is 35.3 Å². The first kappa shape index (κ1) is 19.4. The van der Waals surface area contributed by atoms with E-state index in [9.17, 15) is 4.79 Å². The van der Waals surface area contributed by atoms with Crippen LogP contribution in [0.4, 0.5) is 5.95 Å². The average Bonchev–Trinajstić information content (AvgIpc) is 2.99. The highest BCUT2D eigenvalue weighted by molar-refractivity contribution is 6.32. The molecular formula is C19H18ClN5O3. The van der Waals surface area contributed by atoms with Gasteiger partial charge in [-0.25, -0.2) is 19.4 Å². The van der Waals surface area contributed by atoms with Gasteiger partial charge in [0.2, 0.25) is 11.8 Å². The number of esters is 1. The lowest BCUT2D eigenvalue weighted by Crippen LogP contribution is -2.05. The molecule has 0 spiro atoms. The normalized spacial score (nSPS) is 11.0. The maximum atomic E-state index is 11.8. The molecule has 3 aromatic rings. The van der Waals surface area contributed by atoms with Gasteiger partial charge < -0.3 is 15.2 Å². The van der Waals surface area contributed by atoms with Crippen LogP contribution in [0.25, 0.3) is 0 Å². The molecule has 144 valence electrons. The summed E-state index contributed by atoms with van der Waals surface area (Å²) < 4.78 is 12.1. The summed E-state index contributed by atoms with van der Waals surface area (Å²) in [6.45, 7) is 3.86. The topological polar surface area (TPSA) is 105 Å². The molecule has 2 N–H and O–H groups in total. The second kappa shape index (κ2) is 8.53. The molecule has 28 heavy (non-hydrogen) atoms. The predicted molar refractivity (Wildman–Crippen MR) is 106 cm³/mol. The number of aromatic nitrogens is 3. The molecule has 1 aromatic carbocycles. The summed E-state index contributed by atoms with van der Waals surface area (Å²) in [5, 5.41) is 4.60. The summed E-state index contributed by atoms with van der Waals surface area (Å²) >= 11 is 6.30. The Morgan fingerprint density at radius 2 is 2.18 bits per heavy atom. The molecule has 0 bridgehead atoms. The number of imidazole rings is 1. The van der Waals surface area contributed by atoms with E-state index >= 15 is 0 Å². The molecule has 3 rings (SSSR count). The van der Waals surface area contributed by atoms with E-state index in [-0.39, 0.29) is 12.5 Å². The summed E-state index contributed by atoms with van der Waals surface area (Å²) in [5.74, 6) is 0.481. The molecule has 0 saturated carbocycles. The van der Waals surface area contributed by atoms with E-state index in [1.54, 1.807) is 43.6 Å². The van der Waals surface area contributed by atoms with Crippen molar-refractivity contribution in [1.82, 2.24) is 14.6 Å². The second-order valence-corrected chi connectivity index (χ2v) is 6.13. The fourth-order valence-corrected chi connectivity index (χ4v) is 2.55. The number of hydrogen-bond acceptors (Lipinski definition) is 7. The highest BCUT2D eigenvalue weighted by atomic mass is 35.5. The van der Waals surface area contributed by atoms with E-state index in [0.717, 1.165) is 11.3 Å². The summed E-state index contributed by atoms with van der Waals surface area (Å²) in [5.41, 5.74) is 7.62. The van der Waals surface area contributed by atoms with Crippen LogP contribution in [0, 0.1) is 6.92 Å². The predicted octanol–water partition coefficient (Wildman–Crippen LogP) is 3.67. The van der Waals surface area contributed by atoms with Crippen LogP contribution < -0.4 is 10.5 Å². The van der Waals surface area contributed by atoms with E-state index < -0.39 is 5.97 Å². The molecule has 0 fully saturated rings. The van der Waals surface area contributed by atoms with Crippen molar-refractivity contribution in [1.29, 1.82) is 0 Å². The van der Waals surface area contributed by atoms with Crippen molar-refractivity contribution in [2.75, 3.05) is 12.3 Å². The van der Waals surface area contributed by atoms with Crippen LogP contribution in [0.15, 0.2) is 47.8 Å². The van der Waals surface area contributed by atoms with E-state index in [1.165, 1.54) is 16.9 Å². The molecule has 0 amide bonds. The quantitative estimate of drug-likeness (QED) is 0.500. The number of halogens is 1. The van der Waals surface area contributed by atoms with Gasteiger partial charge >= 0.3 is 5.97 Å². The second-order valence-electron chi connectivity index (χ2n) is 5.72. The maximum Gasteiger partial charge on any atom is 0.338 e. The zero-order chi connectivity index (χ0) is 20.1. The van der Waals surface area contributed by atoms with Gasteiger partial charge in [-0.1, -0.05) is 11.6 Å². The Morgan fingerprint density at radius 3 is 2.86 bits per heavy atom. The summed E-state index contributed by atoms with van der Waals surface area (Å²) in [6, 6.07) is 8.20. The Balaban J connectivity index is 1.75. The van der Waals surface area contributed by atoms with Crippen molar-refractivity contribution in [3.05, 3.63) is 64.6 Å². The van der Waals surface area contributed by atoms with Crippen molar-refractivity contribution in [2.45, 2.75) is 13.8 Å². The van der Waals surface area contributed by atoms with Gasteiger partial charge in [0, 0.05) is 12.3 Å². The van der Waals surface area contributed by atoms with Crippen LogP contribution in [-0.2, 0) is 4.74 Å². The minimum absolute atomic E-state index is 0.232. The van der Waals surface area contributed by atoms with Gasteiger partial charge in [-0.3, -0.25) is 0 Å². The Bertz CT molecular complexity index is 1030. The highest BCUT2D eigenvalue weighted by Crippen LogP contribution is 2.29. The van der Waals surface area contributed by atoms with Crippen LogP contribution in [0.1, 0.15) is 28.5 Å². The fourth-order valence-electron chi connectivity index (χ4n) is 2.32. The van der Waals surface area contributed by atoms with Gasteiger partial charge in [0.15, 0.2) is 0 Å². The highest BCUT2D eigenvalue weighted by Gasteiger charge is 2.10. The van der Waals surface area contributed by atoms with Crippen LogP contribution >= 0.6 is 11.6 Å². The first-order valence-electron chi connectivity index (χ1n) is 8.42. The fraction of sp³-hybridized carbons (Fsp3) is 0.158. The van der Waals surface area contributed by atoms with E-state index in [1.807, 2.05) is 6.92 Å². The Hall–Kier alpha value is -3.39. The van der Waals surface area contributed by atoms with Crippen molar-refractivity contribution >= 4 is 29.7 Å². The minimum Gasteiger partial charge on any atom is -0.462 e. The zero-order valence-corrected chi connectivity index (χ0v) is 16.1. The molecule has 0 unspecified atom stereocenters. The van der Waals surface area contributed by atoms with E-state index in [0.29, 0.717) is 22.3 Å². The minimum atomic E-state index is -0.443.